The Morgan fingerprint density at radius 3 is 2.48 bits per heavy atom. The SMILES string of the molecule is C#CC(O)(C1=CC=[C+]C=C1)c1ccc(N2CCCC2)cc1. The van der Waals surface area contributed by atoms with Gasteiger partial charge in [0.15, 0.2) is 0 Å². The number of aliphatic hydroxyl groups is 1. The molecule has 0 bridgehead atoms. The summed E-state index contributed by atoms with van der Waals surface area (Å²) in [7, 11) is 0. The molecule has 2 heteroatoms. The number of nitrogens with zero attached hydrogens (tertiary/aromatic N) is 1. The summed E-state index contributed by atoms with van der Waals surface area (Å²) in [6, 6.07) is 7.92. The Morgan fingerprint density at radius 2 is 1.90 bits per heavy atom. The molecule has 0 radical (unpaired) electrons. The highest BCUT2D eigenvalue weighted by molar-refractivity contribution is 5.54. The van der Waals surface area contributed by atoms with Crippen molar-refractivity contribution in [3.8, 4) is 12.3 Å². The minimum atomic E-state index is -1.39. The van der Waals surface area contributed by atoms with E-state index < -0.39 is 5.60 Å². The second-order valence-electron chi connectivity index (χ2n) is 5.38. The molecule has 1 saturated heterocycles. The number of terminal acetylenes is 1. The third-order valence-corrected chi connectivity index (χ3v) is 4.10. The maximum Gasteiger partial charge on any atom is 0.201 e. The molecule has 21 heavy (non-hydrogen) atoms. The van der Waals surface area contributed by atoms with Gasteiger partial charge < -0.3 is 10.0 Å². The van der Waals surface area contributed by atoms with Gasteiger partial charge in [0.25, 0.3) is 0 Å². The van der Waals surface area contributed by atoms with E-state index in [0.717, 1.165) is 18.7 Å². The molecule has 2 nitrogen and oxygen atoms in total. The van der Waals surface area contributed by atoms with Gasteiger partial charge in [-0.1, -0.05) is 18.1 Å². The van der Waals surface area contributed by atoms with Gasteiger partial charge in [-0.3, -0.25) is 0 Å². The van der Waals surface area contributed by atoms with Crippen molar-refractivity contribution in [3.63, 3.8) is 0 Å². The standard InChI is InChI=1S/C19H18NO/c1-2-19(21,16-8-4-3-5-9-16)17-10-12-18(13-11-17)20-14-6-7-15-20/h1,4-5,8-13,21H,6-7,14-15H2/q+1. The van der Waals surface area contributed by atoms with Gasteiger partial charge in [0, 0.05) is 30.4 Å². The fraction of sp³-hybridized carbons (Fsp3) is 0.263. The third kappa shape index (κ3) is 2.50. The average Bonchev–Trinajstić information content (AvgIpc) is 3.09. The molecule has 1 atom stereocenters. The number of anilines is 1. The fourth-order valence-electron chi connectivity index (χ4n) is 2.85. The quantitative estimate of drug-likeness (QED) is 0.678. The van der Waals surface area contributed by atoms with E-state index in [4.69, 9.17) is 6.42 Å². The van der Waals surface area contributed by atoms with E-state index in [1.54, 1.807) is 24.3 Å². The number of hydrogen-bond acceptors (Lipinski definition) is 2. The molecule has 1 N–H and O–H groups in total. The van der Waals surface area contributed by atoms with Crippen LogP contribution in [0.25, 0.3) is 0 Å². The lowest BCUT2D eigenvalue weighted by molar-refractivity contribution is 0.144. The maximum atomic E-state index is 10.9. The van der Waals surface area contributed by atoms with Gasteiger partial charge in [-0.25, -0.2) is 0 Å². The van der Waals surface area contributed by atoms with Crippen molar-refractivity contribution in [1.82, 2.24) is 0 Å². The smallest absolute Gasteiger partial charge is 0.201 e. The zero-order valence-electron chi connectivity index (χ0n) is 11.9. The second kappa shape index (κ2) is 5.58. The Kier molecular flexibility index (Phi) is 3.62. The van der Waals surface area contributed by atoms with E-state index >= 15 is 0 Å². The Morgan fingerprint density at radius 1 is 1.19 bits per heavy atom. The first kappa shape index (κ1) is 13.6. The van der Waals surface area contributed by atoms with E-state index in [-0.39, 0.29) is 0 Å². The summed E-state index contributed by atoms with van der Waals surface area (Å²) >= 11 is 0. The van der Waals surface area contributed by atoms with Gasteiger partial charge in [0.05, 0.1) is 12.2 Å². The van der Waals surface area contributed by atoms with Gasteiger partial charge in [-0.05, 0) is 25.0 Å². The highest BCUT2D eigenvalue weighted by atomic mass is 16.3. The molecule has 1 aliphatic heterocycles. The van der Waals surface area contributed by atoms with Crippen molar-refractivity contribution in [2.24, 2.45) is 0 Å². The first-order chi connectivity index (χ1) is 10.2. The fourth-order valence-corrected chi connectivity index (χ4v) is 2.85. The number of benzene rings is 1. The molecule has 1 aliphatic carbocycles. The van der Waals surface area contributed by atoms with Crippen molar-refractivity contribution >= 4 is 5.69 Å². The molecule has 0 saturated carbocycles. The minimum absolute atomic E-state index is 0.692. The molecule has 1 aromatic carbocycles. The van der Waals surface area contributed by atoms with Crippen molar-refractivity contribution in [1.29, 1.82) is 0 Å². The molecule has 1 unspecified atom stereocenters. The Bertz CT molecular complexity index is 639. The molecule has 104 valence electrons. The van der Waals surface area contributed by atoms with Crippen LogP contribution in [0, 0.1) is 18.4 Å². The monoisotopic (exact) mass is 276 g/mol. The minimum Gasteiger partial charge on any atom is -0.372 e. The van der Waals surface area contributed by atoms with Crippen molar-refractivity contribution in [3.05, 3.63) is 65.8 Å². The van der Waals surface area contributed by atoms with Gasteiger partial charge in [-0.15, -0.1) is 6.42 Å². The van der Waals surface area contributed by atoms with E-state index in [9.17, 15) is 5.11 Å². The predicted molar refractivity (Wildman–Crippen MR) is 85.7 cm³/mol. The number of allylic oxidation sites excluding steroid dienone is 4. The van der Waals surface area contributed by atoms with E-state index in [1.165, 1.54) is 18.5 Å². The van der Waals surface area contributed by atoms with Gasteiger partial charge in [0.2, 0.25) is 5.60 Å². The largest absolute Gasteiger partial charge is 0.372 e. The topological polar surface area (TPSA) is 23.5 Å². The Hall–Kier alpha value is -2.33. The third-order valence-electron chi connectivity index (χ3n) is 4.10. The average molecular weight is 276 g/mol. The van der Waals surface area contributed by atoms with Crippen LogP contribution in [-0.2, 0) is 5.60 Å². The lowest BCUT2D eigenvalue weighted by Gasteiger charge is -2.23. The van der Waals surface area contributed by atoms with E-state index in [1.807, 2.05) is 24.3 Å². The van der Waals surface area contributed by atoms with Crippen LogP contribution in [0.4, 0.5) is 5.69 Å². The van der Waals surface area contributed by atoms with Crippen molar-refractivity contribution in [2.75, 3.05) is 18.0 Å². The Labute approximate surface area is 126 Å². The number of hydrogen-bond donors (Lipinski definition) is 1. The van der Waals surface area contributed by atoms with Crippen LogP contribution in [0.5, 0.6) is 0 Å². The molecule has 1 heterocycles. The summed E-state index contributed by atoms with van der Waals surface area (Å²) in [6.45, 7) is 2.21. The normalized spacial score (nSPS) is 19.6. The maximum absolute atomic E-state index is 10.9. The molecule has 1 fully saturated rings. The zero-order chi connectivity index (χ0) is 14.7. The van der Waals surface area contributed by atoms with Crippen LogP contribution in [0.3, 0.4) is 0 Å². The lowest BCUT2D eigenvalue weighted by atomic mass is 9.85. The van der Waals surface area contributed by atoms with Crippen LogP contribution >= 0.6 is 0 Å². The highest BCUT2D eigenvalue weighted by Crippen LogP contribution is 2.32. The van der Waals surface area contributed by atoms with Crippen molar-refractivity contribution < 1.29 is 5.11 Å². The molecule has 1 aromatic rings. The van der Waals surface area contributed by atoms with Gasteiger partial charge in [0.1, 0.15) is 17.7 Å². The predicted octanol–water partition coefficient (Wildman–Crippen LogP) is 2.96. The van der Waals surface area contributed by atoms with Crippen LogP contribution in [0.15, 0.2) is 54.1 Å². The molecule has 3 rings (SSSR count). The molecule has 2 aliphatic rings. The van der Waals surface area contributed by atoms with E-state index in [0.29, 0.717) is 5.57 Å². The van der Waals surface area contributed by atoms with Crippen LogP contribution in [0.1, 0.15) is 18.4 Å². The first-order valence-corrected chi connectivity index (χ1v) is 7.26. The van der Waals surface area contributed by atoms with Gasteiger partial charge >= 0.3 is 0 Å². The summed E-state index contributed by atoms with van der Waals surface area (Å²) in [6.07, 6.45) is 18.2. The first-order valence-electron chi connectivity index (χ1n) is 7.26. The zero-order valence-corrected chi connectivity index (χ0v) is 11.9. The molecule has 0 spiro atoms. The van der Waals surface area contributed by atoms with Gasteiger partial charge in [-0.2, -0.15) is 0 Å². The van der Waals surface area contributed by atoms with E-state index in [2.05, 4.69) is 16.9 Å². The summed E-state index contributed by atoms with van der Waals surface area (Å²) in [5.41, 5.74) is 1.22. The molecule has 0 amide bonds. The number of rotatable bonds is 3. The summed E-state index contributed by atoms with van der Waals surface area (Å²) in [5.74, 6) is 2.53. The Balaban J connectivity index is 1.91. The summed E-state index contributed by atoms with van der Waals surface area (Å²) in [5, 5.41) is 10.9. The highest BCUT2D eigenvalue weighted by Gasteiger charge is 2.34. The molecular formula is C19H18NO+. The van der Waals surface area contributed by atoms with Crippen LogP contribution < -0.4 is 4.90 Å². The van der Waals surface area contributed by atoms with Crippen molar-refractivity contribution in [2.45, 2.75) is 18.4 Å². The lowest BCUT2D eigenvalue weighted by Crippen LogP contribution is -2.26. The molecule has 0 aromatic heterocycles. The van der Waals surface area contributed by atoms with Crippen LogP contribution in [0.2, 0.25) is 0 Å². The summed E-state index contributed by atoms with van der Waals surface area (Å²) in [4.78, 5) is 2.36. The summed E-state index contributed by atoms with van der Waals surface area (Å²) < 4.78 is 0. The second-order valence-corrected chi connectivity index (χ2v) is 5.38. The van der Waals surface area contributed by atoms with Crippen LogP contribution in [-0.4, -0.2) is 18.2 Å². The molecular weight excluding hydrogens is 258 g/mol.